The molecule has 0 aliphatic carbocycles. The molecule has 1 atom stereocenters. The van der Waals surface area contributed by atoms with E-state index in [4.69, 9.17) is 9.40 Å². The van der Waals surface area contributed by atoms with E-state index in [-0.39, 0.29) is 5.82 Å². The fraction of sp³-hybridized carbons (Fsp3) is 0.0476. The van der Waals surface area contributed by atoms with Gasteiger partial charge in [0.2, 0.25) is 16.9 Å². The molecule has 0 saturated carbocycles. The van der Waals surface area contributed by atoms with Crippen LogP contribution in [0, 0.1) is 0 Å². The summed E-state index contributed by atoms with van der Waals surface area (Å²) in [6, 6.07) is 5.47. The summed E-state index contributed by atoms with van der Waals surface area (Å²) in [6.07, 6.45) is 9.88. The minimum absolute atomic E-state index is 0.234. The number of furan rings is 1. The smallest absolute Gasteiger partial charge is 0.228 e. The van der Waals surface area contributed by atoms with E-state index in [0.29, 0.717) is 45.3 Å². The summed E-state index contributed by atoms with van der Waals surface area (Å²) in [5, 5.41) is 48.4. The van der Waals surface area contributed by atoms with Gasteiger partial charge in [-0.25, -0.2) is 15.0 Å². The number of H-pyrrole nitrogens is 4. The fourth-order valence-electron chi connectivity index (χ4n) is 4.92. The predicted octanol–water partition coefficient (Wildman–Crippen LogP) is 1.84. The summed E-state index contributed by atoms with van der Waals surface area (Å²) in [5.41, 5.74) is 0.575. The number of aromatic nitrogens is 14. The lowest BCUT2D eigenvalue weighted by molar-refractivity contribution is 0.404. The van der Waals surface area contributed by atoms with Gasteiger partial charge in [-0.3, -0.25) is 5.10 Å². The Bertz CT molecular complexity index is 1810. The number of thiazole rings is 1. The van der Waals surface area contributed by atoms with Gasteiger partial charge >= 0.3 is 0 Å². The van der Waals surface area contributed by atoms with Crippen LogP contribution in [-0.2, 0) is 5.54 Å². The fourth-order valence-corrected chi connectivity index (χ4v) is 5.96. The average molecular weight is 586 g/mol. The molecule has 0 bridgehead atoms. The number of hydrogen-bond acceptors (Lipinski definition) is 16. The third-order valence-electron chi connectivity index (χ3n) is 6.34. The lowest BCUT2D eigenvalue weighted by Gasteiger charge is -2.54. The van der Waals surface area contributed by atoms with Crippen molar-refractivity contribution in [1.82, 2.24) is 70.8 Å². The lowest BCUT2D eigenvalue weighted by Crippen LogP contribution is -2.67. The van der Waals surface area contributed by atoms with E-state index in [1.54, 1.807) is 48.3 Å². The van der Waals surface area contributed by atoms with Gasteiger partial charge in [0, 0.05) is 30.2 Å². The number of anilines is 3. The summed E-state index contributed by atoms with van der Waals surface area (Å²) in [5.74, 6) is 1.58. The van der Waals surface area contributed by atoms with E-state index >= 15 is 0 Å². The van der Waals surface area contributed by atoms with Crippen molar-refractivity contribution in [2.75, 3.05) is 15.1 Å². The van der Waals surface area contributed by atoms with E-state index in [0.717, 1.165) is 0 Å². The molecule has 18 nitrogen and oxygen atoms in total. The molecule has 0 spiro atoms. The van der Waals surface area contributed by atoms with Gasteiger partial charge in [0.1, 0.15) is 17.2 Å². The van der Waals surface area contributed by atoms with Crippen molar-refractivity contribution in [2.24, 2.45) is 0 Å². The highest BCUT2D eigenvalue weighted by Crippen LogP contribution is 2.55. The van der Waals surface area contributed by atoms with Crippen LogP contribution in [0.5, 0.6) is 0 Å². The molecule has 0 aromatic carbocycles. The number of hydrogen-bond donors (Lipinski definition) is 4. The third kappa shape index (κ3) is 3.34. The van der Waals surface area contributed by atoms with Gasteiger partial charge in [-0.1, -0.05) is 4.49 Å². The molecule has 0 radical (unpaired) electrons. The Kier molecular flexibility index (Phi) is 5.18. The van der Waals surface area contributed by atoms with Crippen molar-refractivity contribution in [3.05, 3.63) is 89.2 Å². The molecular formula is C21H15N17OS2. The van der Waals surface area contributed by atoms with Crippen LogP contribution in [0.3, 0.4) is 0 Å². The second-order valence-corrected chi connectivity index (χ2v) is 9.86. The number of hydrazine groups is 2. The number of rotatable bonds is 7. The highest BCUT2D eigenvalue weighted by molar-refractivity contribution is 7.13. The Balaban J connectivity index is 1.62. The van der Waals surface area contributed by atoms with Crippen LogP contribution in [0.2, 0.25) is 0 Å². The van der Waals surface area contributed by atoms with Crippen molar-refractivity contribution in [1.29, 1.82) is 0 Å². The van der Waals surface area contributed by atoms with Gasteiger partial charge in [0.05, 0.1) is 29.1 Å². The van der Waals surface area contributed by atoms with E-state index in [1.165, 1.54) is 22.9 Å². The monoisotopic (exact) mass is 585 g/mol. The van der Waals surface area contributed by atoms with Crippen molar-refractivity contribution in [2.45, 2.75) is 5.54 Å². The molecule has 4 N–H and O–H groups in total. The second-order valence-electron chi connectivity index (χ2n) is 8.38. The SMILES string of the molecule is c1coc(C2(c3ccn[nH]3)C(c3nn[nH]n3)=C(c3cn[nH]n3)N(c3ncc[nH]3)N(c3nccs3)N2c2csnn2)c1. The molecule has 7 aromatic rings. The number of nitrogens with zero attached hydrogens (tertiary/aromatic N) is 13. The first-order valence-corrected chi connectivity index (χ1v) is 13.5. The molecule has 1 aliphatic heterocycles. The second kappa shape index (κ2) is 9.17. The number of tetrazole rings is 1. The molecule has 8 rings (SSSR count). The van der Waals surface area contributed by atoms with Crippen LogP contribution in [0.15, 0.2) is 70.6 Å². The van der Waals surface area contributed by atoms with Crippen molar-refractivity contribution in [3.8, 4) is 0 Å². The third-order valence-corrected chi connectivity index (χ3v) is 7.57. The van der Waals surface area contributed by atoms with Crippen LogP contribution in [0.25, 0.3) is 11.3 Å². The Labute approximate surface area is 235 Å². The van der Waals surface area contributed by atoms with Crippen LogP contribution >= 0.6 is 22.9 Å². The van der Waals surface area contributed by atoms with Gasteiger partial charge in [0.15, 0.2) is 11.4 Å². The molecule has 1 aliphatic rings. The summed E-state index contributed by atoms with van der Waals surface area (Å²) in [7, 11) is 0. The van der Waals surface area contributed by atoms with E-state index in [2.05, 4.69) is 65.8 Å². The number of aromatic amines is 4. The maximum absolute atomic E-state index is 6.23. The number of imidazole rings is 1. The lowest BCUT2D eigenvalue weighted by atomic mass is 9.79. The Hall–Kier alpha value is -5.76. The molecule has 202 valence electrons. The minimum atomic E-state index is -1.41. The average Bonchev–Trinajstić information content (AvgIpc) is 3.87. The largest absolute Gasteiger partial charge is 0.466 e. The summed E-state index contributed by atoms with van der Waals surface area (Å²) >= 11 is 2.58. The normalized spacial score (nSPS) is 17.6. The molecular weight excluding hydrogens is 570 g/mol. The molecule has 41 heavy (non-hydrogen) atoms. The Morgan fingerprint density at radius 1 is 1.00 bits per heavy atom. The van der Waals surface area contributed by atoms with Crippen LogP contribution in [0.4, 0.5) is 16.9 Å². The van der Waals surface area contributed by atoms with Gasteiger partial charge in [-0.05, 0) is 34.9 Å². The summed E-state index contributed by atoms with van der Waals surface area (Å²) in [6.45, 7) is 0. The topological polar surface area (TPSA) is 215 Å². The first-order valence-electron chi connectivity index (χ1n) is 11.8. The molecule has 0 saturated heterocycles. The standard InChI is InChI=1S/C21H15N17OS2/c1-2-14(39-8-1)21(13-3-4-25-28-13)16(18-30-33-34-31-18)17(12-10-26-32-27-12)36(19-22-5-6-23-19)38(20-24-7-9-40-20)37(21)15-11-41-35-29-15/h1-11H,(H,22,23)(H,25,28)(H,26,27,32)(H,30,31,33,34). The quantitative estimate of drug-likeness (QED) is 0.210. The van der Waals surface area contributed by atoms with Crippen molar-refractivity contribution < 1.29 is 4.42 Å². The first kappa shape index (κ1) is 23.2. The van der Waals surface area contributed by atoms with E-state index < -0.39 is 5.54 Å². The maximum atomic E-state index is 6.23. The molecule has 0 fully saturated rings. The van der Waals surface area contributed by atoms with E-state index in [1.807, 2.05) is 33.0 Å². The van der Waals surface area contributed by atoms with Crippen molar-refractivity contribution >= 4 is 51.0 Å². The van der Waals surface area contributed by atoms with Crippen LogP contribution < -0.4 is 15.1 Å². The molecule has 8 heterocycles. The Morgan fingerprint density at radius 3 is 2.66 bits per heavy atom. The van der Waals surface area contributed by atoms with Crippen molar-refractivity contribution in [3.63, 3.8) is 0 Å². The minimum Gasteiger partial charge on any atom is -0.466 e. The summed E-state index contributed by atoms with van der Waals surface area (Å²) < 4.78 is 10.4. The van der Waals surface area contributed by atoms with Crippen LogP contribution in [-0.4, -0.2) is 70.8 Å². The molecule has 1 unspecified atom stereocenters. The predicted molar refractivity (Wildman–Crippen MR) is 143 cm³/mol. The maximum Gasteiger partial charge on any atom is 0.228 e. The van der Waals surface area contributed by atoms with Gasteiger partial charge in [-0.15, -0.1) is 26.6 Å². The summed E-state index contributed by atoms with van der Waals surface area (Å²) in [4.78, 5) is 12.5. The highest BCUT2D eigenvalue weighted by Gasteiger charge is 2.60. The van der Waals surface area contributed by atoms with Gasteiger partial charge in [0.25, 0.3) is 0 Å². The molecule has 0 amide bonds. The van der Waals surface area contributed by atoms with Gasteiger partial charge in [-0.2, -0.15) is 35.8 Å². The molecule has 7 aromatic heterocycles. The zero-order chi connectivity index (χ0) is 27.2. The van der Waals surface area contributed by atoms with Crippen LogP contribution in [0.1, 0.15) is 23.0 Å². The highest BCUT2D eigenvalue weighted by atomic mass is 32.1. The van der Waals surface area contributed by atoms with Gasteiger partial charge < -0.3 is 9.40 Å². The molecule has 20 heteroatoms. The zero-order valence-corrected chi connectivity index (χ0v) is 22.0. The number of nitrogens with one attached hydrogen (secondary N) is 4. The first-order chi connectivity index (χ1) is 20.4. The Morgan fingerprint density at radius 2 is 2.00 bits per heavy atom. The van der Waals surface area contributed by atoms with E-state index in [9.17, 15) is 0 Å². The zero-order valence-electron chi connectivity index (χ0n) is 20.4.